The van der Waals surface area contributed by atoms with Crippen molar-refractivity contribution in [2.45, 2.75) is 26.9 Å². The van der Waals surface area contributed by atoms with Crippen molar-refractivity contribution < 1.29 is 4.79 Å². The van der Waals surface area contributed by atoms with Gasteiger partial charge < -0.3 is 15.2 Å². The van der Waals surface area contributed by atoms with Crippen molar-refractivity contribution in [3.05, 3.63) is 52.3 Å². The summed E-state index contributed by atoms with van der Waals surface area (Å²) in [6, 6.07) is 9.73. The number of aryl methyl sites for hydroxylation is 1. The Kier molecular flexibility index (Phi) is 7.65. The van der Waals surface area contributed by atoms with Gasteiger partial charge in [0.05, 0.1) is 0 Å². The molecule has 0 fully saturated rings. The van der Waals surface area contributed by atoms with Crippen LogP contribution in [0.2, 0.25) is 0 Å². The molecule has 1 aromatic heterocycles. The van der Waals surface area contributed by atoms with E-state index < -0.39 is 0 Å². The monoisotopic (exact) mass is 385 g/mol. The standard InChI is InChI=1S/C16H20BrN3O.ClH/c1-3-18-10-12-6-5-7-14(8-12)19-16(21)15-9-13(17)11-20(15)4-2;/h5-9,11,18H,3-4,10H2,1-2H3,(H,19,21);1H. The lowest BCUT2D eigenvalue weighted by atomic mass is 10.2. The van der Waals surface area contributed by atoms with E-state index in [9.17, 15) is 4.79 Å². The zero-order chi connectivity index (χ0) is 15.2. The van der Waals surface area contributed by atoms with Crippen LogP contribution in [0.3, 0.4) is 0 Å². The normalized spacial score (nSPS) is 10.1. The van der Waals surface area contributed by atoms with Crippen molar-refractivity contribution in [2.24, 2.45) is 0 Å². The lowest BCUT2D eigenvalue weighted by molar-refractivity contribution is 0.101. The van der Waals surface area contributed by atoms with Crippen LogP contribution in [0.1, 0.15) is 29.9 Å². The predicted octanol–water partition coefficient (Wildman–Crippen LogP) is 4.05. The number of rotatable bonds is 6. The maximum absolute atomic E-state index is 12.4. The number of nitrogens with zero attached hydrogens (tertiary/aromatic N) is 1. The molecule has 1 aromatic carbocycles. The average molecular weight is 387 g/mol. The highest BCUT2D eigenvalue weighted by Crippen LogP contribution is 2.17. The minimum absolute atomic E-state index is 0. The van der Waals surface area contributed by atoms with Gasteiger partial charge in [0.15, 0.2) is 0 Å². The van der Waals surface area contributed by atoms with Crippen LogP contribution in [0.4, 0.5) is 5.69 Å². The first-order chi connectivity index (χ1) is 10.1. The molecule has 0 aliphatic carbocycles. The molecule has 0 aliphatic rings. The molecular weight excluding hydrogens is 366 g/mol. The van der Waals surface area contributed by atoms with Crippen molar-refractivity contribution >= 4 is 39.9 Å². The van der Waals surface area contributed by atoms with Crippen LogP contribution in [-0.2, 0) is 13.1 Å². The van der Waals surface area contributed by atoms with Crippen LogP contribution in [-0.4, -0.2) is 17.0 Å². The van der Waals surface area contributed by atoms with Crippen molar-refractivity contribution in [1.82, 2.24) is 9.88 Å². The van der Waals surface area contributed by atoms with Gasteiger partial charge in [0, 0.05) is 29.4 Å². The second-order valence-electron chi connectivity index (χ2n) is 4.76. The second kappa shape index (κ2) is 8.98. The number of hydrogen-bond donors (Lipinski definition) is 2. The quantitative estimate of drug-likeness (QED) is 0.786. The molecular formula is C16H21BrClN3O. The third kappa shape index (κ3) is 4.87. The number of nitrogens with one attached hydrogen (secondary N) is 2. The topological polar surface area (TPSA) is 46.1 Å². The number of halogens is 2. The maximum Gasteiger partial charge on any atom is 0.272 e. The lowest BCUT2D eigenvalue weighted by Crippen LogP contribution is -2.17. The number of carbonyl (C=O) groups excluding carboxylic acids is 1. The fourth-order valence-electron chi connectivity index (χ4n) is 2.15. The molecule has 0 bridgehead atoms. The Balaban J connectivity index is 0.00000242. The smallest absolute Gasteiger partial charge is 0.272 e. The molecule has 2 rings (SSSR count). The Bertz CT molecular complexity index is 628. The summed E-state index contributed by atoms with van der Waals surface area (Å²) in [6.45, 7) is 6.57. The molecule has 4 nitrogen and oxygen atoms in total. The summed E-state index contributed by atoms with van der Waals surface area (Å²) in [6.07, 6.45) is 1.91. The third-order valence-corrected chi connectivity index (χ3v) is 3.63. The summed E-state index contributed by atoms with van der Waals surface area (Å²) in [5, 5.41) is 6.23. The summed E-state index contributed by atoms with van der Waals surface area (Å²) in [7, 11) is 0. The zero-order valence-electron chi connectivity index (χ0n) is 12.7. The first-order valence-corrected chi connectivity index (χ1v) is 7.90. The molecule has 2 aromatic rings. The summed E-state index contributed by atoms with van der Waals surface area (Å²) in [4.78, 5) is 12.4. The number of amides is 1. The minimum Gasteiger partial charge on any atom is -0.343 e. The predicted molar refractivity (Wildman–Crippen MR) is 96.8 cm³/mol. The van der Waals surface area contributed by atoms with Crippen LogP contribution in [0.15, 0.2) is 41.0 Å². The summed E-state index contributed by atoms with van der Waals surface area (Å²) >= 11 is 3.41. The average Bonchev–Trinajstić information content (AvgIpc) is 2.87. The SMILES string of the molecule is CCNCc1cccc(NC(=O)c2cc(Br)cn2CC)c1.Cl. The Morgan fingerprint density at radius 1 is 1.27 bits per heavy atom. The van der Waals surface area contributed by atoms with Gasteiger partial charge in [-0.2, -0.15) is 0 Å². The largest absolute Gasteiger partial charge is 0.343 e. The number of hydrogen-bond acceptors (Lipinski definition) is 2. The molecule has 2 N–H and O–H groups in total. The summed E-state index contributed by atoms with van der Waals surface area (Å²) in [5.74, 6) is -0.0943. The number of anilines is 1. The summed E-state index contributed by atoms with van der Waals surface area (Å²) in [5.41, 5.74) is 2.62. The van der Waals surface area contributed by atoms with Gasteiger partial charge in [-0.25, -0.2) is 0 Å². The molecule has 0 atom stereocenters. The van der Waals surface area contributed by atoms with Gasteiger partial charge in [0.25, 0.3) is 5.91 Å². The van der Waals surface area contributed by atoms with Crippen molar-refractivity contribution in [1.29, 1.82) is 0 Å². The van der Waals surface area contributed by atoms with Crippen LogP contribution in [0.25, 0.3) is 0 Å². The first kappa shape index (κ1) is 18.7. The van der Waals surface area contributed by atoms with E-state index in [0.29, 0.717) is 5.69 Å². The van der Waals surface area contributed by atoms with Gasteiger partial charge in [-0.3, -0.25) is 4.79 Å². The van der Waals surface area contributed by atoms with Gasteiger partial charge in [0.1, 0.15) is 5.69 Å². The molecule has 120 valence electrons. The first-order valence-electron chi connectivity index (χ1n) is 7.10. The molecule has 0 spiro atoms. The number of benzene rings is 1. The Morgan fingerprint density at radius 2 is 2.05 bits per heavy atom. The summed E-state index contributed by atoms with van der Waals surface area (Å²) < 4.78 is 2.83. The highest BCUT2D eigenvalue weighted by atomic mass is 79.9. The lowest BCUT2D eigenvalue weighted by Gasteiger charge is -2.09. The molecule has 0 aliphatic heterocycles. The number of aromatic nitrogens is 1. The van der Waals surface area contributed by atoms with Gasteiger partial charge in [-0.1, -0.05) is 19.1 Å². The van der Waals surface area contributed by atoms with Crippen molar-refractivity contribution in [3.63, 3.8) is 0 Å². The van der Waals surface area contributed by atoms with Crippen LogP contribution in [0.5, 0.6) is 0 Å². The maximum atomic E-state index is 12.4. The third-order valence-electron chi connectivity index (χ3n) is 3.20. The second-order valence-corrected chi connectivity index (χ2v) is 5.68. The zero-order valence-corrected chi connectivity index (χ0v) is 15.1. The van der Waals surface area contributed by atoms with Crippen molar-refractivity contribution in [2.75, 3.05) is 11.9 Å². The molecule has 1 amide bonds. The van der Waals surface area contributed by atoms with E-state index in [2.05, 4.69) is 33.5 Å². The molecule has 22 heavy (non-hydrogen) atoms. The van der Waals surface area contributed by atoms with E-state index in [0.717, 1.165) is 35.4 Å². The van der Waals surface area contributed by atoms with E-state index in [4.69, 9.17) is 0 Å². The molecule has 0 saturated heterocycles. The van der Waals surface area contributed by atoms with Gasteiger partial charge in [-0.05, 0) is 53.2 Å². The van der Waals surface area contributed by atoms with E-state index in [1.807, 2.05) is 48.0 Å². The van der Waals surface area contributed by atoms with Crippen LogP contribution >= 0.6 is 28.3 Å². The molecule has 0 radical (unpaired) electrons. The minimum atomic E-state index is -0.0943. The fourth-order valence-corrected chi connectivity index (χ4v) is 2.61. The molecule has 0 unspecified atom stereocenters. The van der Waals surface area contributed by atoms with Crippen molar-refractivity contribution in [3.8, 4) is 0 Å². The van der Waals surface area contributed by atoms with E-state index in [1.165, 1.54) is 0 Å². The molecule has 0 saturated carbocycles. The Labute approximate surface area is 145 Å². The molecule has 1 heterocycles. The van der Waals surface area contributed by atoms with E-state index in [1.54, 1.807) is 0 Å². The van der Waals surface area contributed by atoms with Crippen LogP contribution < -0.4 is 10.6 Å². The Morgan fingerprint density at radius 3 is 2.73 bits per heavy atom. The van der Waals surface area contributed by atoms with Crippen LogP contribution in [0, 0.1) is 0 Å². The van der Waals surface area contributed by atoms with Gasteiger partial charge in [-0.15, -0.1) is 12.4 Å². The highest BCUT2D eigenvalue weighted by Gasteiger charge is 2.12. The highest BCUT2D eigenvalue weighted by molar-refractivity contribution is 9.10. The van der Waals surface area contributed by atoms with E-state index in [-0.39, 0.29) is 18.3 Å². The fraction of sp³-hybridized carbons (Fsp3) is 0.312. The van der Waals surface area contributed by atoms with E-state index >= 15 is 0 Å². The molecule has 6 heteroatoms. The van der Waals surface area contributed by atoms with Gasteiger partial charge >= 0.3 is 0 Å². The number of carbonyl (C=O) groups is 1. The van der Waals surface area contributed by atoms with Gasteiger partial charge in [0.2, 0.25) is 0 Å². The Hall–Kier alpha value is -1.30.